The zero-order chi connectivity index (χ0) is 14.8. The lowest BCUT2D eigenvalue weighted by molar-refractivity contribution is 0.261. The molecule has 1 aromatic rings. The molecule has 1 saturated carbocycles. The van der Waals surface area contributed by atoms with Crippen LogP contribution in [0.15, 0.2) is 27.6 Å². The Morgan fingerprint density at radius 2 is 1.95 bits per heavy atom. The number of halogens is 1. The summed E-state index contributed by atoms with van der Waals surface area (Å²) in [5.41, 5.74) is 6.18. The Kier molecular flexibility index (Phi) is 5.09. The molecular weight excluding hydrogens is 340 g/mol. The van der Waals surface area contributed by atoms with Crippen LogP contribution in [0.1, 0.15) is 39.0 Å². The summed E-state index contributed by atoms with van der Waals surface area (Å²) < 4.78 is 28.1. The van der Waals surface area contributed by atoms with E-state index < -0.39 is 10.0 Å². The number of sulfonamides is 1. The van der Waals surface area contributed by atoms with Gasteiger partial charge in [-0.25, -0.2) is 8.42 Å². The number of anilines is 1. The smallest absolute Gasteiger partial charge is 0.245 e. The zero-order valence-corrected chi connectivity index (χ0v) is 14.1. The Hall–Kier alpha value is -0.590. The van der Waals surface area contributed by atoms with Crippen molar-refractivity contribution in [3.63, 3.8) is 0 Å². The Morgan fingerprint density at radius 1 is 1.30 bits per heavy atom. The monoisotopic (exact) mass is 360 g/mol. The maximum atomic E-state index is 12.9. The van der Waals surface area contributed by atoms with Crippen LogP contribution < -0.4 is 5.73 Å². The minimum Gasteiger partial charge on any atom is -0.398 e. The van der Waals surface area contributed by atoms with Gasteiger partial charge >= 0.3 is 0 Å². The van der Waals surface area contributed by atoms with Gasteiger partial charge in [0.15, 0.2) is 0 Å². The van der Waals surface area contributed by atoms with Crippen molar-refractivity contribution < 1.29 is 8.42 Å². The van der Waals surface area contributed by atoms with Crippen molar-refractivity contribution in [2.24, 2.45) is 0 Å². The summed E-state index contributed by atoms with van der Waals surface area (Å²) in [4.78, 5) is 0.208. The SMILES string of the molecule is CCN(C1CCCCC1)S(=O)(=O)c1cc(Br)ccc1N. The maximum absolute atomic E-state index is 12.9. The molecule has 0 saturated heterocycles. The Balaban J connectivity index is 2.38. The van der Waals surface area contributed by atoms with E-state index in [9.17, 15) is 8.42 Å². The third kappa shape index (κ3) is 3.18. The predicted molar refractivity (Wildman–Crippen MR) is 85.0 cm³/mol. The molecule has 0 aromatic heterocycles. The summed E-state index contributed by atoms with van der Waals surface area (Å²) in [6, 6.07) is 5.09. The third-order valence-corrected chi connectivity index (χ3v) is 6.43. The van der Waals surface area contributed by atoms with Crippen molar-refractivity contribution in [2.75, 3.05) is 12.3 Å². The second-order valence-electron chi connectivity index (χ2n) is 5.18. The van der Waals surface area contributed by atoms with Gasteiger partial charge in [-0.05, 0) is 31.0 Å². The lowest BCUT2D eigenvalue weighted by Gasteiger charge is -2.32. The van der Waals surface area contributed by atoms with Crippen molar-refractivity contribution >= 4 is 31.6 Å². The van der Waals surface area contributed by atoms with Crippen LogP contribution in [-0.4, -0.2) is 25.3 Å². The quantitative estimate of drug-likeness (QED) is 0.837. The molecule has 0 bridgehead atoms. The van der Waals surface area contributed by atoms with Gasteiger partial charge in [-0.3, -0.25) is 0 Å². The number of rotatable bonds is 4. The molecule has 2 N–H and O–H groups in total. The van der Waals surface area contributed by atoms with Crippen molar-refractivity contribution in [1.82, 2.24) is 4.31 Å². The molecule has 6 heteroatoms. The number of benzene rings is 1. The summed E-state index contributed by atoms with van der Waals surface area (Å²) in [7, 11) is -3.53. The Labute approximate surface area is 129 Å². The summed E-state index contributed by atoms with van der Waals surface area (Å²) in [5.74, 6) is 0. The highest BCUT2D eigenvalue weighted by atomic mass is 79.9. The predicted octanol–water partition coefficient (Wildman–Crippen LogP) is 3.37. The van der Waals surface area contributed by atoms with E-state index in [1.54, 1.807) is 22.5 Å². The van der Waals surface area contributed by atoms with E-state index in [0.717, 1.165) is 30.2 Å². The summed E-state index contributed by atoms with van der Waals surface area (Å²) in [6.45, 7) is 2.37. The summed E-state index contributed by atoms with van der Waals surface area (Å²) in [6.07, 6.45) is 5.30. The van der Waals surface area contributed by atoms with Gasteiger partial charge in [-0.1, -0.05) is 42.1 Å². The van der Waals surface area contributed by atoms with Crippen LogP contribution in [0, 0.1) is 0 Å². The Bertz CT molecular complexity index is 569. The van der Waals surface area contributed by atoms with Crippen LogP contribution in [0.4, 0.5) is 5.69 Å². The molecule has 0 heterocycles. The average Bonchev–Trinajstić information content (AvgIpc) is 2.43. The summed E-state index contributed by atoms with van der Waals surface area (Å²) >= 11 is 3.32. The number of nitrogens with zero attached hydrogens (tertiary/aromatic N) is 1. The second-order valence-corrected chi connectivity index (χ2v) is 7.96. The van der Waals surface area contributed by atoms with Crippen LogP contribution in [0.3, 0.4) is 0 Å². The number of nitrogens with two attached hydrogens (primary N) is 1. The van der Waals surface area contributed by atoms with Crippen molar-refractivity contribution in [1.29, 1.82) is 0 Å². The number of hydrogen-bond acceptors (Lipinski definition) is 3. The first-order chi connectivity index (χ1) is 9.46. The van der Waals surface area contributed by atoms with E-state index >= 15 is 0 Å². The fourth-order valence-electron chi connectivity index (χ4n) is 2.85. The van der Waals surface area contributed by atoms with Gasteiger partial charge in [0.2, 0.25) is 10.0 Å². The van der Waals surface area contributed by atoms with Gasteiger partial charge in [0, 0.05) is 17.1 Å². The van der Waals surface area contributed by atoms with E-state index in [0.29, 0.717) is 12.2 Å². The maximum Gasteiger partial charge on any atom is 0.245 e. The van der Waals surface area contributed by atoms with E-state index in [1.165, 1.54) is 6.42 Å². The standard InChI is InChI=1S/C14H21BrN2O2S/c1-2-17(12-6-4-3-5-7-12)20(18,19)14-10-11(15)8-9-13(14)16/h8-10,12H,2-7,16H2,1H3. The first-order valence-corrected chi connectivity index (χ1v) is 9.27. The minimum absolute atomic E-state index is 0.108. The van der Waals surface area contributed by atoms with Gasteiger partial charge in [-0.2, -0.15) is 4.31 Å². The van der Waals surface area contributed by atoms with Crippen LogP contribution in [0.5, 0.6) is 0 Å². The Morgan fingerprint density at radius 3 is 2.55 bits per heavy atom. The molecule has 0 aliphatic heterocycles. The molecule has 0 atom stereocenters. The fourth-order valence-corrected chi connectivity index (χ4v) is 5.20. The minimum atomic E-state index is -3.53. The molecule has 1 fully saturated rings. The highest BCUT2D eigenvalue weighted by Gasteiger charge is 2.32. The highest BCUT2D eigenvalue weighted by molar-refractivity contribution is 9.10. The molecule has 0 unspecified atom stereocenters. The van der Waals surface area contributed by atoms with Crippen LogP contribution in [0.25, 0.3) is 0 Å². The second kappa shape index (κ2) is 6.45. The van der Waals surface area contributed by atoms with E-state index in [2.05, 4.69) is 15.9 Å². The summed E-state index contributed by atoms with van der Waals surface area (Å²) in [5, 5.41) is 0. The molecule has 4 nitrogen and oxygen atoms in total. The molecule has 1 aliphatic carbocycles. The molecule has 1 aliphatic rings. The first-order valence-electron chi connectivity index (χ1n) is 7.03. The van der Waals surface area contributed by atoms with Gasteiger partial charge < -0.3 is 5.73 Å². The molecular formula is C14H21BrN2O2S. The van der Waals surface area contributed by atoms with E-state index in [1.807, 2.05) is 6.92 Å². The fraction of sp³-hybridized carbons (Fsp3) is 0.571. The van der Waals surface area contributed by atoms with E-state index in [4.69, 9.17) is 5.73 Å². The highest BCUT2D eigenvalue weighted by Crippen LogP contribution is 2.31. The molecule has 2 rings (SSSR count). The van der Waals surface area contributed by atoms with Crippen molar-refractivity contribution in [3.8, 4) is 0 Å². The lowest BCUT2D eigenvalue weighted by Crippen LogP contribution is -2.41. The lowest BCUT2D eigenvalue weighted by atomic mass is 9.95. The number of hydrogen-bond donors (Lipinski definition) is 1. The van der Waals surface area contributed by atoms with Crippen LogP contribution in [0.2, 0.25) is 0 Å². The molecule has 1 aromatic carbocycles. The first kappa shape index (κ1) is 15.8. The average molecular weight is 361 g/mol. The molecule has 112 valence electrons. The van der Waals surface area contributed by atoms with Gasteiger partial charge in [0.1, 0.15) is 4.90 Å². The topological polar surface area (TPSA) is 63.4 Å². The van der Waals surface area contributed by atoms with E-state index in [-0.39, 0.29) is 10.9 Å². The molecule has 0 spiro atoms. The largest absolute Gasteiger partial charge is 0.398 e. The van der Waals surface area contributed by atoms with Gasteiger partial charge in [-0.15, -0.1) is 0 Å². The van der Waals surface area contributed by atoms with Gasteiger partial charge in [0.05, 0.1) is 5.69 Å². The van der Waals surface area contributed by atoms with Crippen LogP contribution in [-0.2, 0) is 10.0 Å². The van der Waals surface area contributed by atoms with Crippen molar-refractivity contribution in [3.05, 3.63) is 22.7 Å². The normalized spacial score (nSPS) is 17.6. The third-order valence-electron chi connectivity index (χ3n) is 3.86. The number of nitrogen functional groups attached to an aromatic ring is 1. The zero-order valence-electron chi connectivity index (χ0n) is 11.7. The van der Waals surface area contributed by atoms with Crippen molar-refractivity contribution in [2.45, 2.75) is 50.0 Å². The van der Waals surface area contributed by atoms with Crippen LogP contribution >= 0.6 is 15.9 Å². The molecule has 0 amide bonds. The molecule has 20 heavy (non-hydrogen) atoms. The van der Waals surface area contributed by atoms with Gasteiger partial charge in [0.25, 0.3) is 0 Å². The molecule has 0 radical (unpaired) electrons.